The topological polar surface area (TPSA) is 73.4 Å². The first-order valence-corrected chi connectivity index (χ1v) is 8.84. The number of hydrogen-bond donors (Lipinski definition) is 1. The summed E-state index contributed by atoms with van der Waals surface area (Å²) in [6.45, 7) is 1.86. The van der Waals surface area contributed by atoms with Gasteiger partial charge in [0, 0.05) is 41.7 Å². The molecule has 0 amide bonds. The number of hydrogen-bond acceptors (Lipinski definition) is 5. The summed E-state index contributed by atoms with van der Waals surface area (Å²) in [4.78, 5) is 13.1. The lowest BCUT2D eigenvalue weighted by atomic mass is 9.96. The summed E-state index contributed by atoms with van der Waals surface area (Å²) < 4.78 is 19.9. The molecule has 6 heteroatoms. The van der Waals surface area contributed by atoms with Gasteiger partial charge in [-0.3, -0.25) is 9.98 Å². The van der Waals surface area contributed by atoms with Gasteiger partial charge in [-0.25, -0.2) is 9.37 Å². The van der Waals surface area contributed by atoms with Gasteiger partial charge in [-0.05, 0) is 48.4 Å². The van der Waals surface area contributed by atoms with Crippen LogP contribution < -0.4 is 10.5 Å². The van der Waals surface area contributed by atoms with Crippen molar-refractivity contribution in [2.24, 2.45) is 4.99 Å². The van der Waals surface area contributed by atoms with E-state index in [1.54, 1.807) is 31.8 Å². The second-order valence-corrected chi connectivity index (χ2v) is 6.59. The minimum Gasteiger partial charge on any atom is -0.493 e. The minimum absolute atomic E-state index is 0.276. The molecule has 5 nitrogen and oxygen atoms in total. The number of anilines is 1. The molecule has 2 N–H and O–H groups in total. The zero-order valence-corrected chi connectivity index (χ0v) is 15.6. The van der Waals surface area contributed by atoms with E-state index in [4.69, 9.17) is 15.5 Å². The van der Waals surface area contributed by atoms with Gasteiger partial charge in [0.1, 0.15) is 5.82 Å². The Bertz CT molecular complexity index is 1110. The predicted octanol–water partition coefficient (Wildman–Crippen LogP) is 4.28. The van der Waals surface area contributed by atoms with E-state index in [9.17, 15) is 4.39 Å². The fourth-order valence-corrected chi connectivity index (χ4v) is 3.27. The Morgan fingerprint density at radius 2 is 1.86 bits per heavy atom. The van der Waals surface area contributed by atoms with E-state index in [1.165, 1.54) is 6.07 Å². The van der Waals surface area contributed by atoms with Gasteiger partial charge in [0.2, 0.25) is 0 Å². The lowest BCUT2D eigenvalue weighted by molar-refractivity contribution is 0.415. The molecule has 0 atom stereocenters. The smallest absolute Gasteiger partial charge is 0.166 e. The number of nitrogens with two attached hydrogens (primary N) is 1. The van der Waals surface area contributed by atoms with Crippen molar-refractivity contribution in [1.82, 2.24) is 9.97 Å². The maximum Gasteiger partial charge on any atom is 0.166 e. The number of ether oxygens (including phenoxy) is 1. The molecule has 0 saturated heterocycles. The Hall–Kier alpha value is -3.54. The van der Waals surface area contributed by atoms with Crippen LogP contribution in [0.4, 0.5) is 10.2 Å². The highest BCUT2D eigenvalue weighted by Crippen LogP contribution is 2.38. The van der Waals surface area contributed by atoms with Gasteiger partial charge in [0.15, 0.2) is 11.6 Å². The quantitative estimate of drug-likeness (QED) is 0.740. The average molecular weight is 374 g/mol. The van der Waals surface area contributed by atoms with Crippen LogP contribution in [0, 0.1) is 12.7 Å². The van der Waals surface area contributed by atoms with Crippen molar-refractivity contribution in [3.8, 4) is 5.75 Å². The van der Waals surface area contributed by atoms with Crippen molar-refractivity contribution in [3.05, 3.63) is 83.1 Å². The lowest BCUT2D eigenvalue weighted by Crippen LogP contribution is -2.03. The van der Waals surface area contributed by atoms with Crippen LogP contribution in [0.5, 0.6) is 5.75 Å². The van der Waals surface area contributed by atoms with E-state index in [-0.39, 0.29) is 5.82 Å². The minimum atomic E-state index is -0.276. The number of aliphatic imine (C=N–C) groups is 1. The Morgan fingerprint density at radius 3 is 2.57 bits per heavy atom. The molecule has 0 spiro atoms. The fraction of sp³-hybridized carbons (Fsp3) is 0.136. The van der Waals surface area contributed by atoms with Gasteiger partial charge < -0.3 is 10.5 Å². The number of allylic oxidation sites excluding steroid dienone is 1. The number of benzene rings is 1. The molecule has 4 rings (SSSR count). The van der Waals surface area contributed by atoms with Gasteiger partial charge in [-0.2, -0.15) is 0 Å². The summed E-state index contributed by atoms with van der Waals surface area (Å²) in [7, 11) is 1.55. The third kappa shape index (κ3) is 3.24. The molecule has 0 unspecified atom stereocenters. The first-order chi connectivity index (χ1) is 13.6. The number of aromatic nitrogens is 2. The summed E-state index contributed by atoms with van der Waals surface area (Å²) in [5, 5.41) is 0. The monoisotopic (exact) mass is 374 g/mol. The molecule has 1 aromatic carbocycles. The molecule has 3 aromatic rings. The Labute approximate surface area is 162 Å². The van der Waals surface area contributed by atoms with Crippen LogP contribution in [0.1, 0.15) is 28.7 Å². The van der Waals surface area contributed by atoms with Gasteiger partial charge in [0.05, 0.1) is 18.5 Å². The van der Waals surface area contributed by atoms with Crippen molar-refractivity contribution in [2.45, 2.75) is 13.3 Å². The van der Waals surface area contributed by atoms with E-state index in [0.29, 0.717) is 29.3 Å². The highest BCUT2D eigenvalue weighted by molar-refractivity contribution is 6.17. The lowest BCUT2D eigenvalue weighted by Gasteiger charge is -2.10. The number of pyridine rings is 2. The molecule has 3 heterocycles. The van der Waals surface area contributed by atoms with E-state index >= 15 is 0 Å². The number of aryl methyl sites for hydroxylation is 1. The van der Waals surface area contributed by atoms with Crippen molar-refractivity contribution in [3.63, 3.8) is 0 Å². The second kappa shape index (κ2) is 7.23. The molecular formula is C22H19FN4O. The van der Waals surface area contributed by atoms with Gasteiger partial charge in [-0.15, -0.1) is 0 Å². The maximum absolute atomic E-state index is 14.6. The second-order valence-electron chi connectivity index (χ2n) is 6.59. The largest absolute Gasteiger partial charge is 0.493 e. The van der Waals surface area contributed by atoms with Crippen LogP contribution in [-0.2, 0) is 0 Å². The molecule has 0 fully saturated rings. The summed E-state index contributed by atoms with van der Waals surface area (Å²) >= 11 is 0. The molecule has 28 heavy (non-hydrogen) atoms. The highest BCUT2D eigenvalue weighted by atomic mass is 19.1. The zero-order valence-electron chi connectivity index (χ0n) is 15.6. The number of nitrogens with zero attached hydrogens (tertiary/aromatic N) is 3. The summed E-state index contributed by atoms with van der Waals surface area (Å²) in [6.07, 6.45) is 5.59. The third-order valence-electron chi connectivity index (χ3n) is 4.72. The Morgan fingerprint density at radius 1 is 1.07 bits per heavy atom. The first-order valence-electron chi connectivity index (χ1n) is 8.84. The SMILES string of the molecule is COc1cc(C2=C(c3ccncc3)N=C(c3ccc(C)cc3F)C2)cnc1N. The number of nitrogen functional groups attached to an aromatic ring is 1. The summed E-state index contributed by atoms with van der Waals surface area (Å²) in [6, 6.07) is 10.8. The highest BCUT2D eigenvalue weighted by Gasteiger charge is 2.24. The van der Waals surface area contributed by atoms with Crippen molar-refractivity contribution in [2.75, 3.05) is 12.8 Å². The maximum atomic E-state index is 14.6. The molecule has 0 radical (unpaired) electrons. The molecule has 0 saturated carbocycles. The molecule has 0 aliphatic carbocycles. The molecular weight excluding hydrogens is 355 g/mol. The van der Waals surface area contributed by atoms with Gasteiger partial charge >= 0.3 is 0 Å². The van der Waals surface area contributed by atoms with Crippen molar-refractivity contribution >= 4 is 22.8 Å². The van der Waals surface area contributed by atoms with Gasteiger partial charge in [0.25, 0.3) is 0 Å². The molecule has 1 aliphatic heterocycles. The number of rotatable bonds is 4. The van der Waals surface area contributed by atoms with Crippen LogP contribution in [0.25, 0.3) is 11.3 Å². The zero-order chi connectivity index (χ0) is 19.7. The number of methoxy groups -OCH3 is 1. The predicted molar refractivity (Wildman–Crippen MR) is 109 cm³/mol. The summed E-state index contributed by atoms with van der Waals surface area (Å²) in [5.41, 5.74) is 11.4. The van der Waals surface area contributed by atoms with Crippen LogP contribution >= 0.6 is 0 Å². The molecule has 0 bridgehead atoms. The number of halogens is 1. The average Bonchev–Trinajstić information content (AvgIpc) is 3.14. The summed E-state index contributed by atoms with van der Waals surface area (Å²) in [5.74, 6) is 0.539. The fourth-order valence-electron chi connectivity index (χ4n) is 3.27. The Balaban J connectivity index is 1.84. The molecule has 140 valence electrons. The third-order valence-corrected chi connectivity index (χ3v) is 4.72. The van der Waals surface area contributed by atoms with E-state index in [0.717, 1.165) is 28.0 Å². The standard InChI is InChI=1S/C22H19FN4O/c1-13-3-4-16(18(23)9-13)19-11-17(15-10-20(28-2)22(24)26-12-15)21(27-19)14-5-7-25-8-6-14/h3-10,12H,11H2,1-2H3,(H2,24,26). The van der Waals surface area contributed by atoms with Crippen LogP contribution in [-0.4, -0.2) is 22.8 Å². The Kier molecular flexibility index (Phi) is 4.61. The van der Waals surface area contributed by atoms with E-state index in [2.05, 4.69) is 9.97 Å². The van der Waals surface area contributed by atoms with Crippen molar-refractivity contribution in [1.29, 1.82) is 0 Å². The van der Waals surface area contributed by atoms with E-state index in [1.807, 2.05) is 31.2 Å². The van der Waals surface area contributed by atoms with Crippen LogP contribution in [0.2, 0.25) is 0 Å². The van der Waals surface area contributed by atoms with Crippen molar-refractivity contribution < 1.29 is 9.13 Å². The first kappa shape index (κ1) is 17.9. The molecule has 2 aromatic heterocycles. The van der Waals surface area contributed by atoms with E-state index < -0.39 is 0 Å². The normalized spacial score (nSPS) is 13.6. The van der Waals surface area contributed by atoms with Crippen LogP contribution in [0.15, 0.2) is 60.0 Å². The van der Waals surface area contributed by atoms with Crippen LogP contribution in [0.3, 0.4) is 0 Å². The van der Waals surface area contributed by atoms with Gasteiger partial charge in [-0.1, -0.05) is 6.07 Å². The molecule has 1 aliphatic rings.